The third-order valence-electron chi connectivity index (χ3n) is 4.67. The maximum Gasteiger partial charge on any atom is 0.244 e. The number of primary amides is 1. The van der Waals surface area contributed by atoms with Gasteiger partial charge in [0, 0.05) is 22.9 Å². The molecule has 1 aliphatic rings. The second-order valence-corrected chi connectivity index (χ2v) is 7.02. The van der Waals surface area contributed by atoms with E-state index in [1.165, 1.54) is 0 Å². The van der Waals surface area contributed by atoms with Crippen LogP contribution >= 0.6 is 11.3 Å². The first-order valence-electron chi connectivity index (χ1n) is 8.27. The number of hydrogen-bond donors (Lipinski definition) is 2. The molecule has 0 spiro atoms. The molecule has 0 bridgehead atoms. The van der Waals surface area contributed by atoms with Gasteiger partial charge >= 0.3 is 0 Å². The van der Waals surface area contributed by atoms with Crippen LogP contribution in [0.5, 0.6) is 0 Å². The number of hydrogen-bond acceptors (Lipinski definition) is 4. The van der Waals surface area contributed by atoms with E-state index in [2.05, 4.69) is 47.2 Å². The Bertz CT molecular complexity index is 739. The van der Waals surface area contributed by atoms with E-state index in [9.17, 15) is 4.79 Å². The summed E-state index contributed by atoms with van der Waals surface area (Å²) in [5.41, 5.74) is 13.0. The second kappa shape index (κ2) is 7.09. The van der Waals surface area contributed by atoms with Gasteiger partial charge in [-0.15, -0.1) is 0 Å². The molecule has 4 nitrogen and oxygen atoms in total. The Morgan fingerprint density at radius 2 is 2.21 bits per heavy atom. The molecule has 1 aromatic carbocycles. The standard InChI is InChI=1S/C19H23N3OS/c1-3-13(2)18-11-15(19(20)23)10-14-6-4-5-7-17(14)22(18)21-16-8-9-24-12-16/h4-10,12-13,18,21H,3,11H2,1-2H3,(H2,20,23). The number of nitrogens with two attached hydrogens (primary N) is 1. The van der Waals surface area contributed by atoms with E-state index in [0.29, 0.717) is 17.9 Å². The number of anilines is 2. The number of fused-ring (bicyclic) bond motifs is 1. The van der Waals surface area contributed by atoms with E-state index >= 15 is 0 Å². The summed E-state index contributed by atoms with van der Waals surface area (Å²) in [7, 11) is 0. The van der Waals surface area contributed by atoms with Crippen molar-refractivity contribution in [3.05, 3.63) is 52.2 Å². The Kier molecular flexibility index (Phi) is 4.90. The van der Waals surface area contributed by atoms with Gasteiger partial charge in [-0.05, 0) is 29.5 Å². The Labute approximate surface area is 146 Å². The monoisotopic (exact) mass is 341 g/mol. The van der Waals surface area contributed by atoms with Crippen molar-refractivity contribution in [2.24, 2.45) is 11.7 Å². The van der Waals surface area contributed by atoms with Gasteiger partial charge in [0.15, 0.2) is 0 Å². The fourth-order valence-electron chi connectivity index (χ4n) is 3.08. The van der Waals surface area contributed by atoms with Gasteiger partial charge in [0.05, 0.1) is 17.4 Å². The fourth-order valence-corrected chi connectivity index (χ4v) is 3.66. The quantitative estimate of drug-likeness (QED) is 0.854. The third kappa shape index (κ3) is 3.31. The molecule has 1 amide bonds. The predicted molar refractivity (Wildman–Crippen MR) is 102 cm³/mol. The highest BCUT2D eigenvalue weighted by molar-refractivity contribution is 7.08. The third-order valence-corrected chi connectivity index (χ3v) is 5.36. The van der Waals surface area contributed by atoms with E-state index in [-0.39, 0.29) is 11.9 Å². The molecule has 3 N–H and O–H groups in total. The van der Waals surface area contributed by atoms with Crippen molar-refractivity contribution in [3.8, 4) is 0 Å². The van der Waals surface area contributed by atoms with Crippen LogP contribution in [0.3, 0.4) is 0 Å². The highest BCUT2D eigenvalue weighted by Crippen LogP contribution is 2.35. The highest BCUT2D eigenvalue weighted by atomic mass is 32.1. The first kappa shape index (κ1) is 16.6. The van der Waals surface area contributed by atoms with Crippen LogP contribution in [-0.4, -0.2) is 11.9 Å². The summed E-state index contributed by atoms with van der Waals surface area (Å²) in [6.07, 6.45) is 3.60. The van der Waals surface area contributed by atoms with Gasteiger partial charge in [-0.1, -0.05) is 38.5 Å². The maximum absolute atomic E-state index is 11.9. The summed E-state index contributed by atoms with van der Waals surface area (Å²) in [6, 6.07) is 10.3. The number of amides is 1. The molecule has 1 aliphatic heterocycles. The first-order valence-corrected chi connectivity index (χ1v) is 9.22. The van der Waals surface area contributed by atoms with Crippen LogP contribution in [0.2, 0.25) is 0 Å². The summed E-state index contributed by atoms with van der Waals surface area (Å²) < 4.78 is 0. The van der Waals surface area contributed by atoms with E-state index in [1.807, 2.05) is 24.3 Å². The molecule has 3 rings (SSSR count). The predicted octanol–water partition coefficient (Wildman–Crippen LogP) is 4.27. The minimum atomic E-state index is -0.338. The SMILES string of the molecule is CCC(C)C1CC(C(N)=O)=Cc2ccccc2N1Nc1ccsc1. The van der Waals surface area contributed by atoms with Crippen LogP contribution in [0.15, 0.2) is 46.7 Å². The minimum absolute atomic E-state index is 0.150. The maximum atomic E-state index is 11.9. The van der Waals surface area contributed by atoms with Crippen LogP contribution in [0, 0.1) is 5.92 Å². The van der Waals surface area contributed by atoms with Gasteiger partial charge in [-0.25, -0.2) is 0 Å². The smallest absolute Gasteiger partial charge is 0.244 e. The summed E-state index contributed by atoms with van der Waals surface area (Å²) in [5.74, 6) is 0.0699. The van der Waals surface area contributed by atoms with Crippen molar-refractivity contribution in [1.82, 2.24) is 0 Å². The van der Waals surface area contributed by atoms with Crippen molar-refractivity contribution >= 4 is 34.7 Å². The Morgan fingerprint density at radius 1 is 1.42 bits per heavy atom. The lowest BCUT2D eigenvalue weighted by molar-refractivity contribution is -0.114. The molecule has 0 saturated carbocycles. The number of carbonyl (C=O) groups excluding carboxylic acids is 1. The molecule has 0 fully saturated rings. The van der Waals surface area contributed by atoms with Crippen LogP contribution in [0.25, 0.3) is 6.08 Å². The number of nitrogens with zero attached hydrogens (tertiary/aromatic N) is 1. The molecule has 0 aliphatic carbocycles. The first-order chi connectivity index (χ1) is 11.6. The average Bonchev–Trinajstić information content (AvgIpc) is 3.03. The fraction of sp³-hybridized carbons (Fsp3) is 0.316. The Hall–Kier alpha value is -2.27. The van der Waals surface area contributed by atoms with E-state index in [0.717, 1.165) is 23.4 Å². The molecular weight excluding hydrogens is 318 g/mol. The number of rotatable bonds is 5. The largest absolute Gasteiger partial charge is 0.366 e. The number of benzene rings is 1. The van der Waals surface area contributed by atoms with Crippen molar-refractivity contribution in [1.29, 1.82) is 0 Å². The van der Waals surface area contributed by atoms with Crippen molar-refractivity contribution < 1.29 is 4.79 Å². The zero-order chi connectivity index (χ0) is 17.1. The normalized spacial score (nSPS) is 18.3. The summed E-state index contributed by atoms with van der Waals surface area (Å²) in [5, 5.41) is 6.35. The molecular formula is C19H23N3OS. The van der Waals surface area contributed by atoms with Crippen molar-refractivity contribution in [3.63, 3.8) is 0 Å². The van der Waals surface area contributed by atoms with Crippen LogP contribution in [0.1, 0.15) is 32.3 Å². The molecule has 0 saturated heterocycles. The van der Waals surface area contributed by atoms with Gasteiger partial charge in [-0.2, -0.15) is 11.3 Å². The van der Waals surface area contributed by atoms with E-state index in [4.69, 9.17) is 5.73 Å². The summed E-state index contributed by atoms with van der Waals surface area (Å²) in [6.45, 7) is 4.40. The van der Waals surface area contributed by atoms with Gasteiger partial charge in [0.2, 0.25) is 5.91 Å². The molecule has 2 heterocycles. The van der Waals surface area contributed by atoms with E-state index in [1.54, 1.807) is 11.3 Å². The topological polar surface area (TPSA) is 58.4 Å². The zero-order valence-corrected chi connectivity index (χ0v) is 14.8. The molecule has 2 unspecified atom stereocenters. The van der Waals surface area contributed by atoms with Gasteiger partial charge < -0.3 is 5.73 Å². The highest BCUT2D eigenvalue weighted by Gasteiger charge is 2.30. The Morgan fingerprint density at radius 3 is 2.88 bits per heavy atom. The molecule has 126 valence electrons. The Balaban J connectivity index is 2.08. The molecule has 24 heavy (non-hydrogen) atoms. The van der Waals surface area contributed by atoms with Gasteiger partial charge in [-0.3, -0.25) is 15.2 Å². The molecule has 5 heteroatoms. The molecule has 2 aromatic rings. The number of nitrogens with one attached hydrogen (secondary N) is 1. The molecule has 0 radical (unpaired) electrons. The van der Waals surface area contributed by atoms with Crippen LogP contribution in [0.4, 0.5) is 11.4 Å². The van der Waals surface area contributed by atoms with Crippen LogP contribution in [-0.2, 0) is 4.79 Å². The lowest BCUT2D eigenvalue weighted by Crippen LogP contribution is -2.44. The minimum Gasteiger partial charge on any atom is -0.366 e. The number of thiophene rings is 1. The molecule has 2 atom stereocenters. The van der Waals surface area contributed by atoms with Crippen LogP contribution < -0.4 is 16.2 Å². The summed E-state index contributed by atoms with van der Waals surface area (Å²) in [4.78, 5) is 11.9. The van der Waals surface area contributed by atoms with Gasteiger partial charge in [0.25, 0.3) is 0 Å². The molecule has 1 aromatic heterocycles. The van der Waals surface area contributed by atoms with Crippen molar-refractivity contribution in [2.75, 3.05) is 10.4 Å². The van der Waals surface area contributed by atoms with Crippen molar-refractivity contribution in [2.45, 2.75) is 32.7 Å². The lowest BCUT2D eigenvalue weighted by Gasteiger charge is -2.37. The summed E-state index contributed by atoms with van der Waals surface area (Å²) >= 11 is 1.66. The number of para-hydroxylation sites is 1. The number of carbonyl (C=O) groups is 1. The zero-order valence-electron chi connectivity index (χ0n) is 14.0. The van der Waals surface area contributed by atoms with E-state index < -0.39 is 0 Å². The number of hydrazine groups is 1. The second-order valence-electron chi connectivity index (χ2n) is 6.24. The lowest BCUT2D eigenvalue weighted by atomic mass is 9.92. The van der Waals surface area contributed by atoms with Gasteiger partial charge in [0.1, 0.15) is 0 Å². The average molecular weight is 341 g/mol.